The number of likely N-dealkylation sites (tertiary alicyclic amines) is 1. The summed E-state index contributed by atoms with van der Waals surface area (Å²) in [6, 6.07) is 10.3. The number of aromatic nitrogens is 3. The zero-order chi connectivity index (χ0) is 18.8. The zero-order valence-corrected chi connectivity index (χ0v) is 15.9. The summed E-state index contributed by atoms with van der Waals surface area (Å²) in [4.78, 5) is 19.4. The van der Waals surface area contributed by atoms with Gasteiger partial charge in [-0.15, -0.1) is 0 Å². The van der Waals surface area contributed by atoms with E-state index in [2.05, 4.69) is 29.2 Å². The summed E-state index contributed by atoms with van der Waals surface area (Å²) in [6.07, 6.45) is 6.90. The Bertz CT molecular complexity index is 939. The SMILES string of the molecule is CC(C)Nc1ccc(-c2cccc3c(C(=O)N4CCCCC4)cnn23)cn1. The maximum absolute atomic E-state index is 12.9. The summed E-state index contributed by atoms with van der Waals surface area (Å²) in [6.45, 7) is 5.84. The molecule has 1 fully saturated rings. The van der Waals surface area contributed by atoms with E-state index in [1.54, 1.807) is 6.20 Å². The molecule has 4 heterocycles. The average Bonchev–Trinajstić information content (AvgIpc) is 3.12. The van der Waals surface area contributed by atoms with Gasteiger partial charge in [-0.05, 0) is 57.4 Å². The lowest BCUT2D eigenvalue weighted by Gasteiger charge is -2.26. The van der Waals surface area contributed by atoms with Crippen LogP contribution in [0.15, 0.2) is 42.7 Å². The van der Waals surface area contributed by atoms with Gasteiger partial charge in [-0.1, -0.05) is 6.07 Å². The van der Waals surface area contributed by atoms with Crippen molar-refractivity contribution < 1.29 is 4.79 Å². The lowest BCUT2D eigenvalue weighted by Crippen LogP contribution is -2.35. The van der Waals surface area contributed by atoms with Crippen LogP contribution in [-0.4, -0.2) is 44.5 Å². The Balaban J connectivity index is 1.67. The van der Waals surface area contributed by atoms with Crippen molar-refractivity contribution in [2.75, 3.05) is 18.4 Å². The number of carbonyl (C=O) groups is 1. The van der Waals surface area contributed by atoms with Gasteiger partial charge < -0.3 is 10.2 Å². The molecule has 3 aromatic rings. The highest BCUT2D eigenvalue weighted by molar-refractivity contribution is 6.01. The molecule has 0 saturated carbocycles. The van der Waals surface area contributed by atoms with Gasteiger partial charge in [0.05, 0.1) is 23.0 Å². The van der Waals surface area contributed by atoms with Crippen molar-refractivity contribution in [1.29, 1.82) is 0 Å². The number of piperidine rings is 1. The average molecular weight is 363 g/mol. The van der Waals surface area contributed by atoms with Crippen LogP contribution in [0.1, 0.15) is 43.5 Å². The van der Waals surface area contributed by atoms with Crippen LogP contribution in [0.2, 0.25) is 0 Å². The van der Waals surface area contributed by atoms with Gasteiger partial charge in [0.1, 0.15) is 5.82 Å². The van der Waals surface area contributed by atoms with Gasteiger partial charge in [0.15, 0.2) is 0 Å². The number of nitrogens with one attached hydrogen (secondary N) is 1. The molecule has 6 nitrogen and oxygen atoms in total. The van der Waals surface area contributed by atoms with Crippen molar-refractivity contribution in [3.63, 3.8) is 0 Å². The molecular formula is C21H25N5O. The highest BCUT2D eigenvalue weighted by Gasteiger charge is 2.22. The first-order valence-corrected chi connectivity index (χ1v) is 9.62. The molecule has 0 aromatic carbocycles. The molecule has 1 amide bonds. The lowest BCUT2D eigenvalue weighted by molar-refractivity contribution is 0.0726. The largest absolute Gasteiger partial charge is 0.368 e. The Kier molecular flexibility index (Phi) is 4.79. The van der Waals surface area contributed by atoms with E-state index in [-0.39, 0.29) is 5.91 Å². The number of hydrogen-bond acceptors (Lipinski definition) is 4. The molecule has 1 aliphatic heterocycles. The zero-order valence-electron chi connectivity index (χ0n) is 15.9. The Morgan fingerprint density at radius 1 is 1.07 bits per heavy atom. The number of rotatable bonds is 4. The lowest BCUT2D eigenvalue weighted by atomic mass is 10.1. The van der Waals surface area contributed by atoms with Gasteiger partial charge in [-0.2, -0.15) is 5.10 Å². The van der Waals surface area contributed by atoms with Crippen LogP contribution in [0.5, 0.6) is 0 Å². The summed E-state index contributed by atoms with van der Waals surface area (Å²) in [5, 5.41) is 7.80. The molecule has 4 rings (SSSR count). The number of anilines is 1. The third-order valence-electron chi connectivity index (χ3n) is 4.91. The number of hydrogen-bond donors (Lipinski definition) is 1. The van der Waals surface area contributed by atoms with Gasteiger partial charge in [-0.25, -0.2) is 9.50 Å². The molecule has 3 aromatic heterocycles. The normalized spacial score (nSPS) is 14.7. The van der Waals surface area contributed by atoms with E-state index in [4.69, 9.17) is 0 Å². The highest BCUT2D eigenvalue weighted by Crippen LogP contribution is 2.24. The Morgan fingerprint density at radius 3 is 2.59 bits per heavy atom. The van der Waals surface area contributed by atoms with E-state index in [0.29, 0.717) is 11.6 Å². The standard InChI is InChI=1S/C21H25N5O/c1-15(2)24-20-10-9-16(13-22-20)18-7-6-8-19-17(14-23-26(18)19)21(27)25-11-4-3-5-12-25/h6-10,13-15H,3-5,11-12H2,1-2H3,(H,22,24). The minimum absolute atomic E-state index is 0.0801. The molecule has 1 N–H and O–H groups in total. The van der Waals surface area contributed by atoms with Crippen LogP contribution in [0.25, 0.3) is 16.8 Å². The second-order valence-electron chi connectivity index (χ2n) is 7.35. The third kappa shape index (κ3) is 3.52. The van der Waals surface area contributed by atoms with Gasteiger partial charge in [0.25, 0.3) is 5.91 Å². The van der Waals surface area contributed by atoms with E-state index in [9.17, 15) is 4.79 Å². The van der Waals surface area contributed by atoms with E-state index >= 15 is 0 Å². The van der Waals surface area contributed by atoms with Gasteiger partial charge in [0.2, 0.25) is 0 Å². The summed E-state index contributed by atoms with van der Waals surface area (Å²) in [5.74, 6) is 0.929. The molecule has 1 aliphatic rings. The summed E-state index contributed by atoms with van der Waals surface area (Å²) < 4.78 is 1.84. The van der Waals surface area contributed by atoms with Crippen LogP contribution in [0.3, 0.4) is 0 Å². The molecule has 0 atom stereocenters. The van der Waals surface area contributed by atoms with Crippen molar-refractivity contribution >= 4 is 17.2 Å². The fourth-order valence-electron chi connectivity index (χ4n) is 3.59. The fourth-order valence-corrected chi connectivity index (χ4v) is 3.59. The van der Waals surface area contributed by atoms with E-state index < -0.39 is 0 Å². The summed E-state index contributed by atoms with van der Waals surface area (Å²) in [5.41, 5.74) is 3.40. The van der Waals surface area contributed by atoms with Gasteiger partial charge >= 0.3 is 0 Å². The quantitative estimate of drug-likeness (QED) is 0.765. The molecular weight excluding hydrogens is 338 g/mol. The van der Waals surface area contributed by atoms with Gasteiger partial charge in [0, 0.05) is 30.9 Å². The van der Waals surface area contributed by atoms with Crippen LogP contribution in [-0.2, 0) is 0 Å². The molecule has 27 heavy (non-hydrogen) atoms. The van der Waals surface area contributed by atoms with Crippen molar-refractivity contribution in [3.05, 3.63) is 48.3 Å². The number of pyridine rings is 2. The second-order valence-corrected chi connectivity index (χ2v) is 7.35. The maximum Gasteiger partial charge on any atom is 0.257 e. The number of nitrogens with zero attached hydrogens (tertiary/aromatic N) is 4. The Morgan fingerprint density at radius 2 is 1.89 bits per heavy atom. The van der Waals surface area contributed by atoms with Crippen molar-refractivity contribution in [1.82, 2.24) is 19.5 Å². The van der Waals surface area contributed by atoms with Crippen molar-refractivity contribution in [2.45, 2.75) is 39.2 Å². The first-order valence-electron chi connectivity index (χ1n) is 9.62. The molecule has 0 radical (unpaired) electrons. The van der Waals surface area contributed by atoms with E-state index in [0.717, 1.165) is 48.5 Å². The minimum Gasteiger partial charge on any atom is -0.368 e. The minimum atomic E-state index is 0.0801. The Hall–Kier alpha value is -2.89. The van der Waals surface area contributed by atoms with Crippen LogP contribution >= 0.6 is 0 Å². The predicted octanol–water partition coefficient (Wildman–Crippen LogP) is 3.84. The fraction of sp³-hybridized carbons (Fsp3) is 0.381. The summed E-state index contributed by atoms with van der Waals surface area (Å²) in [7, 11) is 0. The van der Waals surface area contributed by atoms with Crippen molar-refractivity contribution in [2.24, 2.45) is 0 Å². The molecule has 0 unspecified atom stereocenters. The predicted molar refractivity (Wildman–Crippen MR) is 107 cm³/mol. The van der Waals surface area contributed by atoms with E-state index in [1.165, 1.54) is 6.42 Å². The van der Waals surface area contributed by atoms with Crippen LogP contribution in [0.4, 0.5) is 5.82 Å². The molecule has 140 valence electrons. The maximum atomic E-state index is 12.9. The monoisotopic (exact) mass is 363 g/mol. The number of fused-ring (bicyclic) bond motifs is 1. The third-order valence-corrected chi connectivity index (χ3v) is 4.91. The molecule has 0 bridgehead atoms. The number of carbonyl (C=O) groups excluding carboxylic acids is 1. The molecule has 6 heteroatoms. The molecule has 0 spiro atoms. The van der Waals surface area contributed by atoms with Crippen LogP contribution < -0.4 is 5.32 Å². The first-order chi connectivity index (χ1) is 13.1. The smallest absolute Gasteiger partial charge is 0.257 e. The van der Waals surface area contributed by atoms with Crippen LogP contribution in [0, 0.1) is 0 Å². The highest BCUT2D eigenvalue weighted by atomic mass is 16.2. The number of amides is 1. The topological polar surface area (TPSA) is 62.5 Å². The molecule has 1 saturated heterocycles. The molecule has 0 aliphatic carbocycles. The van der Waals surface area contributed by atoms with E-state index in [1.807, 2.05) is 45.9 Å². The van der Waals surface area contributed by atoms with Crippen molar-refractivity contribution in [3.8, 4) is 11.3 Å². The first kappa shape index (κ1) is 17.5. The Labute approximate surface area is 159 Å². The summed E-state index contributed by atoms with van der Waals surface area (Å²) >= 11 is 0. The van der Waals surface area contributed by atoms with Gasteiger partial charge in [-0.3, -0.25) is 4.79 Å². The second kappa shape index (κ2) is 7.39.